The molecule has 2 aromatic rings. The molecule has 122 valence electrons. The van der Waals surface area contributed by atoms with Gasteiger partial charge >= 0.3 is 0 Å². The topological polar surface area (TPSA) is 20.3 Å². The lowest BCUT2D eigenvalue weighted by atomic mass is 9.97. The Balaban J connectivity index is 1.63. The number of aryl methyl sites for hydroxylation is 2. The number of hydrogen-bond donors (Lipinski definition) is 0. The molecule has 1 aromatic heterocycles. The Bertz CT molecular complexity index is 659. The van der Waals surface area contributed by atoms with E-state index in [0.717, 1.165) is 32.2 Å². The predicted molar refractivity (Wildman–Crippen MR) is 96.9 cm³/mol. The monoisotopic (exact) mass is 327 g/mol. The van der Waals surface area contributed by atoms with Crippen molar-refractivity contribution in [1.29, 1.82) is 0 Å². The molecule has 3 heteroatoms. The minimum absolute atomic E-state index is 0.278. The van der Waals surface area contributed by atoms with Gasteiger partial charge in [-0.3, -0.25) is 4.79 Å². The van der Waals surface area contributed by atoms with Gasteiger partial charge in [0.2, 0.25) is 5.91 Å². The smallest absolute Gasteiger partial charge is 0.223 e. The molecule has 1 aliphatic heterocycles. The summed E-state index contributed by atoms with van der Waals surface area (Å²) in [6, 6.07) is 11.2. The molecule has 2 heterocycles. The summed E-state index contributed by atoms with van der Waals surface area (Å²) in [6.07, 6.45) is 4.53. The Morgan fingerprint density at radius 1 is 1.17 bits per heavy atom. The highest BCUT2D eigenvalue weighted by molar-refractivity contribution is 7.10. The summed E-state index contributed by atoms with van der Waals surface area (Å²) in [4.78, 5) is 16.3. The second-order valence-electron chi connectivity index (χ2n) is 6.23. The van der Waals surface area contributed by atoms with Crippen molar-refractivity contribution in [1.82, 2.24) is 4.90 Å². The van der Waals surface area contributed by atoms with E-state index in [4.69, 9.17) is 0 Å². The molecule has 0 radical (unpaired) electrons. The molecule has 0 spiro atoms. The third kappa shape index (κ3) is 3.50. The van der Waals surface area contributed by atoms with Gasteiger partial charge in [0.15, 0.2) is 0 Å². The second-order valence-corrected chi connectivity index (χ2v) is 7.23. The number of thiophene rings is 1. The Morgan fingerprint density at radius 3 is 2.61 bits per heavy atom. The van der Waals surface area contributed by atoms with Crippen molar-refractivity contribution in [3.63, 3.8) is 0 Å². The van der Waals surface area contributed by atoms with Gasteiger partial charge in [0.1, 0.15) is 0 Å². The van der Waals surface area contributed by atoms with Crippen LogP contribution in [0, 0.1) is 0 Å². The van der Waals surface area contributed by atoms with Crippen LogP contribution in [0.15, 0.2) is 35.7 Å². The van der Waals surface area contributed by atoms with Crippen molar-refractivity contribution in [3.05, 3.63) is 57.3 Å². The summed E-state index contributed by atoms with van der Waals surface area (Å²) in [7, 11) is 0. The summed E-state index contributed by atoms with van der Waals surface area (Å²) in [5.41, 5.74) is 3.99. The van der Waals surface area contributed by atoms with Gasteiger partial charge in [0.05, 0.1) is 6.04 Å². The minimum atomic E-state index is 0.278. The molecular weight excluding hydrogens is 302 g/mol. The number of carbonyl (C=O) groups is 1. The fourth-order valence-electron chi connectivity index (χ4n) is 3.47. The SMILES string of the molecule is CCc1ccc(CCC(=O)N2CCc3sccc3C2CC)cc1. The van der Waals surface area contributed by atoms with Crippen LogP contribution in [0.3, 0.4) is 0 Å². The zero-order valence-electron chi connectivity index (χ0n) is 14.0. The molecule has 1 amide bonds. The highest BCUT2D eigenvalue weighted by Crippen LogP contribution is 2.35. The maximum atomic E-state index is 12.7. The lowest BCUT2D eigenvalue weighted by Gasteiger charge is -2.35. The van der Waals surface area contributed by atoms with Crippen LogP contribution in [0.5, 0.6) is 0 Å². The van der Waals surface area contributed by atoms with Gasteiger partial charge in [0, 0.05) is 17.8 Å². The normalized spacial score (nSPS) is 17.1. The number of nitrogens with zero attached hydrogens (tertiary/aromatic N) is 1. The number of rotatable bonds is 5. The first-order valence-electron chi connectivity index (χ1n) is 8.66. The van der Waals surface area contributed by atoms with Gasteiger partial charge in [-0.05, 0) is 53.8 Å². The highest BCUT2D eigenvalue weighted by Gasteiger charge is 2.29. The first-order valence-corrected chi connectivity index (χ1v) is 9.54. The molecule has 1 aromatic carbocycles. The molecule has 0 saturated carbocycles. The lowest BCUT2D eigenvalue weighted by Crippen LogP contribution is -2.39. The molecule has 2 nitrogen and oxygen atoms in total. The van der Waals surface area contributed by atoms with Crippen molar-refractivity contribution in [3.8, 4) is 0 Å². The molecule has 0 fully saturated rings. The first kappa shape index (κ1) is 16.3. The summed E-state index contributed by atoms with van der Waals surface area (Å²) in [5.74, 6) is 0.299. The van der Waals surface area contributed by atoms with E-state index in [1.165, 1.54) is 21.6 Å². The molecule has 1 aliphatic rings. The molecule has 1 atom stereocenters. The Hall–Kier alpha value is -1.61. The molecule has 3 rings (SSSR count). The average molecular weight is 327 g/mol. The maximum absolute atomic E-state index is 12.7. The lowest BCUT2D eigenvalue weighted by molar-refractivity contribution is -0.134. The minimum Gasteiger partial charge on any atom is -0.335 e. The van der Waals surface area contributed by atoms with E-state index in [-0.39, 0.29) is 6.04 Å². The van der Waals surface area contributed by atoms with Crippen LogP contribution in [-0.2, 0) is 24.1 Å². The molecule has 0 bridgehead atoms. The summed E-state index contributed by atoms with van der Waals surface area (Å²) in [6.45, 7) is 5.22. The van der Waals surface area contributed by atoms with Crippen LogP contribution in [0.25, 0.3) is 0 Å². The number of carbonyl (C=O) groups excluding carboxylic acids is 1. The van der Waals surface area contributed by atoms with Gasteiger partial charge < -0.3 is 4.90 Å². The third-order valence-corrected chi connectivity index (χ3v) is 5.86. The van der Waals surface area contributed by atoms with E-state index < -0.39 is 0 Å². The van der Waals surface area contributed by atoms with Crippen LogP contribution >= 0.6 is 11.3 Å². The van der Waals surface area contributed by atoms with Gasteiger partial charge in [-0.25, -0.2) is 0 Å². The predicted octanol–water partition coefficient (Wildman–Crippen LogP) is 4.78. The zero-order valence-corrected chi connectivity index (χ0v) is 14.9. The molecule has 0 aliphatic carbocycles. The van der Waals surface area contributed by atoms with Gasteiger partial charge in [-0.2, -0.15) is 0 Å². The van der Waals surface area contributed by atoms with Gasteiger partial charge in [-0.15, -0.1) is 11.3 Å². The molecular formula is C20H25NOS. The Morgan fingerprint density at radius 2 is 1.91 bits per heavy atom. The standard InChI is InChI=1S/C20H25NOS/c1-3-15-5-7-16(8-6-15)9-10-20(22)21-13-11-19-17(12-14-23-19)18(21)4-2/h5-8,12,14,18H,3-4,9-11,13H2,1-2H3. The van der Waals surface area contributed by atoms with Gasteiger partial charge in [0.25, 0.3) is 0 Å². The number of benzene rings is 1. The van der Waals surface area contributed by atoms with Crippen molar-refractivity contribution in [2.45, 2.75) is 52.0 Å². The highest BCUT2D eigenvalue weighted by atomic mass is 32.1. The van der Waals surface area contributed by atoms with E-state index in [0.29, 0.717) is 12.3 Å². The summed E-state index contributed by atoms with van der Waals surface area (Å²) >= 11 is 1.83. The Labute approximate surface area is 143 Å². The fourth-order valence-corrected chi connectivity index (χ4v) is 4.40. The van der Waals surface area contributed by atoms with Crippen molar-refractivity contribution < 1.29 is 4.79 Å². The fraction of sp³-hybridized carbons (Fsp3) is 0.450. The van der Waals surface area contributed by atoms with E-state index in [2.05, 4.69) is 54.5 Å². The molecule has 23 heavy (non-hydrogen) atoms. The average Bonchev–Trinajstić information content (AvgIpc) is 3.07. The van der Waals surface area contributed by atoms with Crippen molar-refractivity contribution >= 4 is 17.2 Å². The van der Waals surface area contributed by atoms with Crippen LogP contribution in [-0.4, -0.2) is 17.4 Å². The van der Waals surface area contributed by atoms with Gasteiger partial charge in [-0.1, -0.05) is 38.1 Å². The number of amides is 1. The van der Waals surface area contributed by atoms with Crippen molar-refractivity contribution in [2.24, 2.45) is 0 Å². The van der Waals surface area contributed by atoms with Crippen LogP contribution in [0.1, 0.15) is 54.3 Å². The first-order chi connectivity index (χ1) is 11.2. The van der Waals surface area contributed by atoms with E-state index >= 15 is 0 Å². The van der Waals surface area contributed by atoms with E-state index in [9.17, 15) is 4.79 Å². The van der Waals surface area contributed by atoms with Crippen LogP contribution < -0.4 is 0 Å². The number of fused-ring (bicyclic) bond motifs is 1. The molecule has 0 N–H and O–H groups in total. The summed E-state index contributed by atoms with van der Waals surface area (Å²) < 4.78 is 0. The molecule has 0 saturated heterocycles. The quantitative estimate of drug-likeness (QED) is 0.774. The van der Waals surface area contributed by atoms with E-state index in [1.807, 2.05) is 11.3 Å². The Kier molecular flexibility index (Phi) is 5.16. The number of hydrogen-bond acceptors (Lipinski definition) is 2. The van der Waals surface area contributed by atoms with Crippen LogP contribution in [0.2, 0.25) is 0 Å². The maximum Gasteiger partial charge on any atom is 0.223 e. The molecule has 1 unspecified atom stereocenters. The van der Waals surface area contributed by atoms with E-state index in [1.54, 1.807) is 0 Å². The zero-order chi connectivity index (χ0) is 16.2. The van der Waals surface area contributed by atoms with Crippen molar-refractivity contribution in [2.75, 3.05) is 6.54 Å². The summed E-state index contributed by atoms with van der Waals surface area (Å²) in [5, 5.41) is 2.16. The largest absolute Gasteiger partial charge is 0.335 e. The second kappa shape index (κ2) is 7.31. The van der Waals surface area contributed by atoms with Crippen LogP contribution in [0.4, 0.5) is 0 Å². The third-order valence-electron chi connectivity index (χ3n) is 4.86.